The van der Waals surface area contributed by atoms with E-state index in [1.807, 2.05) is 11.8 Å². The maximum atomic E-state index is 12.8. The molecule has 1 atom stereocenters. The van der Waals surface area contributed by atoms with Gasteiger partial charge in [-0.1, -0.05) is 5.92 Å². The summed E-state index contributed by atoms with van der Waals surface area (Å²) in [5, 5.41) is 0. The van der Waals surface area contributed by atoms with Crippen molar-refractivity contribution < 1.29 is 13.2 Å². The number of amides is 1. The lowest BCUT2D eigenvalue weighted by Gasteiger charge is -2.36. The molecule has 1 amide bonds. The van der Waals surface area contributed by atoms with E-state index in [0.29, 0.717) is 6.54 Å². The van der Waals surface area contributed by atoms with Crippen LogP contribution in [0.25, 0.3) is 0 Å². The third kappa shape index (κ3) is 4.72. The average Bonchev–Trinajstić information content (AvgIpc) is 3.22. The molecule has 0 aromatic carbocycles. The summed E-state index contributed by atoms with van der Waals surface area (Å²) in [4.78, 5) is 16.9. The van der Waals surface area contributed by atoms with Crippen molar-refractivity contribution in [3.8, 4) is 12.3 Å². The van der Waals surface area contributed by atoms with E-state index in [2.05, 4.69) is 10.8 Å². The number of carbonyl (C=O) groups excluding carboxylic acids is 1. The Morgan fingerprint density at radius 2 is 1.91 bits per heavy atom. The number of piperidine rings is 1. The van der Waals surface area contributed by atoms with Crippen LogP contribution in [-0.2, 0) is 14.6 Å². The molecule has 1 heterocycles. The first-order valence-corrected chi connectivity index (χ1v) is 10.0. The minimum absolute atomic E-state index is 0.0108. The summed E-state index contributed by atoms with van der Waals surface area (Å²) in [6.45, 7) is 4.18. The molecule has 1 aliphatic carbocycles. The molecule has 124 valence electrons. The quantitative estimate of drug-likeness (QED) is 0.676. The topological polar surface area (TPSA) is 57.7 Å². The molecular formula is C16H26N2O3S. The van der Waals surface area contributed by atoms with Gasteiger partial charge in [0, 0.05) is 24.3 Å². The molecular weight excluding hydrogens is 300 g/mol. The molecule has 1 saturated heterocycles. The highest BCUT2D eigenvalue weighted by molar-refractivity contribution is 7.90. The van der Waals surface area contributed by atoms with Crippen molar-refractivity contribution in [3.63, 3.8) is 0 Å². The minimum Gasteiger partial charge on any atom is -0.336 e. The van der Waals surface area contributed by atoms with Gasteiger partial charge in [0.15, 0.2) is 0 Å². The number of hydrogen-bond donors (Lipinski definition) is 0. The number of terminal acetylenes is 1. The molecule has 2 fully saturated rings. The standard InChI is InChI=1S/C16H26N2O3S/c1-4-9-17-10-7-14(8-11-17)16(19)18(15-5-6-15)13(2)12-22(3,20)21/h1,13-15H,5-12H2,2-3H3/t13-/m1/s1. The molecule has 1 aliphatic heterocycles. The van der Waals surface area contributed by atoms with Gasteiger partial charge in [0.05, 0.1) is 12.3 Å². The van der Waals surface area contributed by atoms with Crippen LogP contribution in [-0.4, -0.2) is 67.9 Å². The predicted molar refractivity (Wildman–Crippen MR) is 87.0 cm³/mol. The van der Waals surface area contributed by atoms with E-state index in [0.717, 1.165) is 38.8 Å². The monoisotopic (exact) mass is 326 g/mol. The van der Waals surface area contributed by atoms with Crippen LogP contribution in [0.3, 0.4) is 0 Å². The van der Waals surface area contributed by atoms with Crippen molar-refractivity contribution in [2.24, 2.45) is 5.92 Å². The summed E-state index contributed by atoms with van der Waals surface area (Å²) < 4.78 is 23.1. The first-order chi connectivity index (χ1) is 10.3. The van der Waals surface area contributed by atoms with Crippen molar-refractivity contribution in [1.29, 1.82) is 0 Å². The average molecular weight is 326 g/mol. The number of carbonyl (C=O) groups is 1. The van der Waals surface area contributed by atoms with Crippen LogP contribution in [0.4, 0.5) is 0 Å². The lowest BCUT2D eigenvalue weighted by molar-refractivity contribution is -0.139. The van der Waals surface area contributed by atoms with E-state index in [1.54, 1.807) is 0 Å². The van der Waals surface area contributed by atoms with Crippen LogP contribution in [0, 0.1) is 18.3 Å². The van der Waals surface area contributed by atoms with Crippen LogP contribution >= 0.6 is 0 Å². The lowest BCUT2D eigenvalue weighted by Crippen LogP contribution is -2.48. The van der Waals surface area contributed by atoms with E-state index in [9.17, 15) is 13.2 Å². The second-order valence-electron chi connectivity index (χ2n) is 6.67. The van der Waals surface area contributed by atoms with Crippen molar-refractivity contribution in [3.05, 3.63) is 0 Å². The van der Waals surface area contributed by atoms with Gasteiger partial charge >= 0.3 is 0 Å². The summed E-state index contributed by atoms with van der Waals surface area (Å²) in [6, 6.07) is 0.00623. The number of hydrogen-bond acceptors (Lipinski definition) is 4. The third-order valence-electron chi connectivity index (χ3n) is 4.47. The summed E-state index contributed by atoms with van der Waals surface area (Å²) in [5.41, 5.74) is 0. The Morgan fingerprint density at radius 1 is 1.32 bits per heavy atom. The molecule has 0 radical (unpaired) electrons. The first kappa shape index (κ1) is 17.3. The van der Waals surface area contributed by atoms with Gasteiger partial charge in [0.25, 0.3) is 0 Å². The first-order valence-electron chi connectivity index (χ1n) is 7.97. The van der Waals surface area contributed by atoms with Gasteiger partial charge in [-0.2, -0.15) is 0 Å². The highest BCUT2D eigenvalue weighted by Gasteiger charge is 2.40. The Balaban J connectivity index is 1.98. The van der Waals surface area contributed by atoms with Crippen LogP contribution in [0.15, 0.2) is 0 Å². The van der Waals surface area contributed by atoms with Gasteiger partial charge in [-0.25, -0.2) is 8.42 Å². The van der Waals surface area contributed by atoms with Crippen molar-refractivity contribution >= 4 is 15.7 Å². The Bertz CT molecular complexity index is 540. The zero-order valence-corrected chi connectivity index (χ0v) is 14.3. The Hall–Kier alpha value is -1.06. The Labute approximate surface area is 134 Å². The van der Waals surface area contributed by atoms with Crippen molar-refractivity contribution in [2.45, 2.75) is 44.7 Å². The van der Waals surface area contributed by atoms with Gasteiger partial charge in [-0.15, -0.1) is 6.42 Å². The fourth-order valence-electron chi connectivity index (χ4n) is 3.31. The van der Waals surface area contributed by atoms with E-state index >= 15 is 0 Å². The Kier molecular flexibility index (Phi) is 5.51. The maximum Gasteiger partial charge on any atom is 0.226 e. The molecule has 22 heavy (non-hydrogen) atoms. The van der Waals surface area contributed by atoms with Crippen LogP contribution < -0.4 is 0 Å². The summed E-state index contributed by atoms with van der Waals surface area (Å²) in [5.74, 6) is 2.84. The zero-order valence-electron chi connectivity index (χ0n) is 13.5. The van der Waals surface area contributed by atoms with E-state index in [-0.39, 0.29) is 29.7 Å². The zero-order chi connectivity index (χ0) is 16.3. The molecule has 5 nitrogen and oxygen atoms in total. The minimum atomic E-state index is -3.08. The maximum absolute atomic E-state index is 12.8. The molecule has 2 rings (SSSR count). The van der Waals surface area contributed by atoms with E-state index in [1.165, 1.54) is 6.26 Å². The molecule has 0 spiro atoms. The summed E-state index contributed by atoms with van der Waals surface area (Å²) >= 11 is 0. The molecule has 0 unspecified atom stereocenters. The highest BCUT2D eigenvalue weighted by Crippen LogP contribution is 2.32. The SMILES string of the molecule is C#CCN1CCC(C(=O)N(C2CC2)[C@H](C)CS(C)(=O)=O)CC1. The van der Waals surface area contributed by atoms with Crippen LogP contribution in [0.2, 0.25) is 0 Å². The number of sulfone groups is 1. The summed E-state index contributed by atoms with van der Waals surface area (Å²) in [6.07, 6.45) is 10.2. The van der Waals surface area contributed by atoms with Crippen LogP contribution in [0.5, 0.6) is 0 Å². The largest absolute Gasteiger partial charge is 0.336 e. The van der Waals surface area contributed by atoms with Gasteiger partial charge in [0.1, 0.15) is 9.84 Å². The molecule has 0 N–H and O–H groups in total. The smallest absolute Gasteiger partial charge is 0.226 e. The van der Waals surface area contributed by atoms with Gasteiger partial charge in [-0.3, -0.25) is 9.69 Å². The van der Waals surface area contributed by atoms with Gasteiger partial charge in [-0.05, 0) is 45.7 Å². The van der Waals surface area contributed by atoms with E-state index < -0.39 is 9.84 Å². The normalized spacial score (nSPS) is 22.0. The highest BCUT2D eigenvalue weighted by atomic mass is 32.2. The van der Waals surface area contributed by atoms with Crippen LogP contribution in [0.1, 0.15) is 32.6 Å². The van der Waals surface area contributed by atoms with Gasteiger partial charge < -0.3 is 4.90 Å². The molecule has 1 saturated carbocycles. The molecule has 2 aliphatic rings. The second kappa shape index (κ2) is 7.01. The molecule has 0 bridgehead atoms. The molecule has 6 heteroatoms. The van der Waals surface area contributed by atoms with E-state index in [4.69, 9.17) is 6.42 Å². The molecule has 0 aromatic heterocycles. The third-order valence-corrected chi connectivity index (χ3v) is 5.55. The Morgan fingerprint density at radius 3 is 2.36 bits per heavy atom. The fourth-order valence-corrected chi connectivity index (χ4v) is 4.34. The fraction of sp³-hybridized carbons (Fsp3) is 0.812. The number of rotatable bonds is 6. The predicted octanol–water partition coefficient (Wildman–Crippen LogP) is 0.756. The molecule has 0 aromatic rings. The summed E-state index contributed by atoms with van der Waals surface area (Å²) in [7, 11) is -3.08. The number of nitrogens with zero attached hydrogens (tertiary/aromatic N) is 2. The van der Waals surface area contributed by atoms with Crippen molar-refractivity contribution in [1.82, 2.24) is 9.80 Å². The van der Waals surface area contributed by atoms with Gasteiger partial charge in [0.2, 0.25) is 5.91 Å². The lowest BCUT2D eigenvalue weighted by atomic mass is 9.94. The van der Waals surface area contributed by atoms with Crippen molar-refractivity contribution in [2.75, 3.05) is 31.6 Å². The second-order valence-corrected chi connectivity index (χ2v) is 8.86. The number of likely N-dealkylation sites (tertiary alicyclic amines) is 1.